The van der Waals surface area contributed by atoms with E-state index in [-0.39, 0.29) is 12.5 Å². The predicted octanol–water partition coefficient (Wildman–Crippen LogP) is 0.660. The summed E-state index contributed by atoms with van der Waals surface area (Å²) in [7, 11) is 0. The SMILES string of the molecule is CCNC(=O)CN1C(=O)C(=O)c2cc(C)ccc21. The summed E-state index contributed by atoms with van der Waals surface area (Å²) >= 11 is 0. The summed E-state index contributed by atoms with van der Waals surface area (Å²) in [5.74, 6) is -1.45. The number of Topliss-reactive ketones (excluding diaryl/α,β-unsaturated/α-hetero) is 1. The van der Waals surface area contributed by atoms with Crippen LogP contribution in [-0.4, -0.2) is 30.7 Å². The van der Waals surface area contributed by atoms with E-state index in [2.05, 4.69) is 5.32 Å². The second-order valence-corrected chi connectivity index (χ2v) is 4.19. The van der Waals surface area contributed by atoms with E-state index < -0.39 is 11.7 Å². The summed E-state index contributed by atoms with van der Waals surface area (Å²) in [5.41, 5.74) is 1.81. The second-order valence-electron chi connectivity index (χ2n) is 4.19. The first kappa shape index (κ1) is 12.3. The van der Waals surface area contributed by atoms with Gasteiger partial charge >= 0.3 is 0 Å². The fraction of sp³-hybridized carbons (Fsp3) is 0.308. The van der Waals surface area contributed by atoms with Gasteiger partial charge in [-0.15, -0.1) is 0 Å². The highest BCUT2D eigenvalue weighted by Crippen LogP contribution is 2.29. The first-order chi connectivity index (χ1) is 8.54. The lowest BCUT2D eigenvalue weighted by atomic mass is 10.1. The summed E-state index contributed by atoms with van der Waals surface area (Å²) in [4.78, 5) is 36.3. The highest BCUT2D eigenvalue weighted by Gasteiger charge is 2.36. The summed E-state index contributed by atoms with van der Waals surface area (Å²) in [6.07, 6.45) is 0. The molecule has 0 spiro atoms. The van der Waals surface area contributed by atoms with Gasteiger partial charge in [-0.2, -0.15) is 0 Å². The normalized spacial score (nSPS) is 13.8. The molecule has 18 heavy (non-hydrogen) atoms. The lowest BCUT2D eigenvalue weighted by Gasteiger charge is -2.15. The van der Waals surface area contributed by atoms with E-state index in [9.17, 15) is 14.4 Å². The molecule has 1 aliphatic rings. The van der Waals surface area contributed by atoms with Crippen molar-refractivity contribution in [2.24, 2.45) is 0 Å². The van der Waals surface area contributed by atoms with E-state index in [1.807, 2.05) is 13.0 Å². The summed E-state index contributed by atoms with van der Waals surface area (Å²) in [5, 5.41) is 2.61. The Morgan fingerprint density at radius 3 is 2.72 bits per heavy atom. The number of ketones is 1. The standard InChI is InChI=1S/C13H14N2O3/c1-3-14-11(16)7-15-10-5-4-8(2)6-9(10)12(17)13(15)18/h4-6H,3,7H2,1-2H3,(H,14,16). The molecule has 1 aromatic rings. The Bertz CT molecular complexity index is 537. The molecule has 2 amide bonds. The third-order valence-electron chi connectivity index (χ3n) is 2.80. The number of nitrogens with zero attached hydrogens (tertiary/aromatic N) is 1. The van der Waals surface area contributed by atoms with Crippen molar-refractivity contribution in [1.29, 1.82) is 0 Å². The van der Waals surface area contributed by atoms with Crippen LogP contribution in [0.3, 0.4) is 0 Å². The summed E-state index contributed by atoms with van der Waals surface area (Å²) in [6.45, 7) is 4.03. The van der Waals surface area contributed by atoms with Crippen molar-refractivity contribution >= 4 is 23.3 Å². The smallest absolute Gasteiger partial charge is 0.299 e. The Kier molecular flexibility index (Phi) is 3.14. The molecule has 0 saturated heterocycles. The lowest BCUT2D eigenvalue weighted by molar-refractivity contribution is -0.122. The zero-order valence-electron chi connectivity index (χ0n) is 10.3. The molecule has 0 saturated carbocycles. The molecule has 94 valence electrons. The number of nitrogens with one attached hydrogen (secondary N) is 1. The Balaban J connectivity index is 2.31. The molecule has 0 atom stereocenters. The van der Waals surface area contributed by atoms with Gasteiger partial charge in [0.2, 0.25) is 5.91 Å². The van der Waals surface area contributed by atoms with Gasteiger partial charge in [-0.3, -0.25) is 19.3 Å². The van der Waals surface area contributed by atoms with Crippen molar-refractivity contribution in [3.8, 4) is 0 Å². The molecule has 5 nitrogen and oxygen atoms in total. The molecule has 0 aromatic heterocycles. The Morgan fingerprint density at radius 1 is 1.33 bits per heavy atom. The highest BCUT2D eigenvalue weighted by molar-refractivity contribution is 6.52. The number of amides is 2. The Morgan fingerprint density at radius 2 is 2.06 bits per heavy atom. The quantitative estimate of drug-likeness (QED) is 0.797. The van der Waals surface area contributed by atoms with E-state index in [1.165, 1.54) is 4.90 Å². The van der Waals surface area contributed by atoms with Crippen LogP contribution in [0.4, 0.5) is 5.69 Å². The fourth-order valence-electron chi connectivity index (χ4n) is 1.97. The van der Waals surface area contributed by atoms with Gasteiger partial charge in [-0.05, 0) is 26.0 Å². The molecule has 2 rings (SSSR count). The van der Waals surface area contributed by atoms with Crippen molar-refractivity contribution in [1.82, 2.24) is 5.32 Å². The molecule has 0 fully saturated rings. The van der Waals surface area contributed by atoms with Gasteiger partial charge in [0.25, 0.3) is 11.7 Å². The van der Waals surface area contributed by atoms with Gasteiger partial charge in [0.1, 0.15) is 6.54 Å². The third-order valence-corrected chi connectivity index (χ3v) is 2.80. The van der Waals surface area contributed by atoms with Crippen LogP contribution in [0, 0.1) is 6.92 Å². The van der Waals surface area contributed by atoms with E-state index in [0.717, 1.165) is 5.56 Å². The molecular formula is C13H14N2O3. The zero-order chi connectivity index (χ0) is 13.3. The van der Waals surface area contributed by atoms with Gasteiger partial charge < -0.3 is 5.32 Å². The van der Waals surface area contributed by atoms with Gasteiger partial charge in [-0.1, -0.05) is 11.6 Å². The Hall–Kier alpha value is -2.17. The van der Waals surface area contributed by atoms with Gasteiger partial charge in [-0.25, -0.2) is 0 Å². The first-order valence-electron chi connectivity index (χ1n) is 5.78. The monoisotopic (exact) mass is 246 g/mol. The topological polar surface area (TPSA) is 66.5 Å². The molecule has 5 heteroatoms. The molecule has 0 bridgehead atoms. The largest absolute Gasteiger partial charge is 0.355 e. The number of fused-ring (bicyclic) bond motifs is 1. The fourth-order valence-corrected chi connectivity index (χ4v) is 1.97. The average molecular weight is 246 g/mol. The number of anilines is 1. The molecule has 0 radical (unpaired) electrons. The van der Waals surface area contributed by atoms with Crippen molar-refractivity contribution < 1.29 is 14.4 Å². The summed E-state index contributed by atoms with van der Waals surface area (Å²) in [6, 6.07) is 5.19. The lowest BCUT2D eigenvalue weighted by Crippen LogP contribution is -2.40. The van der Waals surface area contributed by atoms with Crippen molar-refractivity contribution in [3.05, 3.63) is 29.3 Å². The number of aryl methyl sites for hydroxylation is 1. The number of likely N-dealkylation sites (N-methyl/N-ethyl adjacent to an activating group) is 1. The number of hydrogen-bond acceptors (Lipinski definition) is 3. The maximum Gasteiger partial charge on any atom is 0.299 e. The minimum atomic E-state index is -0.637. The molecule has 1 aliphatic heterocycles. The minimum absolute atomic E-state index is 0.117. The van der Waals surface area contributed by atoms with Crippen molar-refractivity contribution in [2.45, 2.75) is 13.8 Å². The second kappa shape index (κ2) is 4.60. The van der Waals surface area contributed by atoms with Crippen molar-refractivity contribution in [3.63, 3.8) is 0 Å². The molecule has 0 aliphatic carbocycles. The van der Waals surface area contributed by atoms with E-state index in [0.29, 0.717) is 17.8 Å². The molecule has 1 aromatic carbocycles. The van der Waals surface area contributed by atoms with Crippen LogP contribution in [0.1, 0.15) is 22.8 Å². The average Bonchev–Trinajstić information content (AvgIpc) is 2.55. The molecule has 0 unspecified atom stereocenters. The Labute approximate surface area is 105 Å². The molecular weight excluding hydrogens is 232 g/mol. The third kappa shape index (κ3) is 1.99. The first-order valence-corrected chi connectivity index (χ1v) is 5.78. The van der Waals surface area contributed by atoms with Crippen molar-refractivity contribution in [2.75, 3.05) is 18.0 Å². The maximum absolute atomic E-state index is 11.8. The molecule has 1 N–H and O–H groups in total. The van der Waals surface area contributed by atoms with Crippen LogP contribution in [-0.2, 0) is 9.59 Å². The number of carbonyl (C=O) groups is 3. The van der Waals surface area contributed by atoms with Crippen LogP contribution in [0.2, 0.25) is 0 Å². The highest BCUT2D eigenvalue weighted by atomic mass is 16.2. The van der Waals surface area contributed by atoms with Crippen LogP contribution in [0.15, 0.2) is 18.2 Å². The maximum atomic E-state index is 11.8. The zero-order valence-corrected chi connectivity index (χ0v) is 10.3. The van der Waals surface area contributed by atoms with Crippen LogP contribution in [0.25, 0.3) is 0 Å². The predicted molar refractivity (Wildman–Crippen MR) is 66.5 cm³/mol. The van der Waals surface area contributed by atoms with Crippen LogP contribution < -0.4 is 10.2 Å². The minimum Gasteiger partial charge on any atom is -0.355 e. The van der Waals surface area contributed by atoms with Crippen LogP contribution >= 0.6 is 0 Å². The van der Waals surface area contributed by atoms with Crippen LogP contribution in [0.5, 0.6) is 0 Å². The van der Waals surface area contributed by atoms with E-state index in [4.69, 9.17) is 0 Å². The number of hydrogen-bond donors (Lipinski definition) is 1. The van der Waals surface area contributed by atoms with E-state index >= 15 is 0 Å². The number of carbonyl (C=O) groups excluding carboxylic acids is 3. The van der Waals surface area contributed by atoms with Gasteiger partial charge in [0.15, 0.2) is 0 Å². The number of benzene rings is 1. The summed E-state index contributed by atoms with van der Waals surface area (Å²) < 4.78 is 0. The van der Waals surface area contributed by atoms with Gasteiger partial charge in [0, 0.05) is 6.54 Å². The van der Waals surface area contributed by atoms with Gasteiger partial charge in [0.05, 0.1) is 11.3 Å². The molecule has 1 heterocycles. The number of rotatable bonds is 3. The van der Waals surface area contributed by atoms with E-state index in [1.54, 1.807) is 19.1 Å².